The van der Waals surface area contributed by atoms with Crippen molar-refractivity contribution >= 4 is 6.08 Å². The van der Waals surface area contributed by atoms with Gasteiger partial charge in [0, 0.05) is 12.4 Å². The summed E-state index contributed by atoms with van der Waals surface area (Å²) in [5, 5.41) is 0. The minimum atomic E-state index is 1.02. The van der Waals surface area contributed by atoms with Crippen molar-refractivity contribution in [2.45, 2.75) is 20.3 Å². The van der Waals surface area contributed by atoms with Gasteiger partial charge in [0.15, 0.2) is 0 Å². The summed E-state index contributed by atoms with van der Waals surface area (Å²) in [6.07, 6.45) is 13.1. The minimum Gasteiger partial charge on any atom is -0.264 e. The summed E-state index contributed by atoms with van der Waals surface area (Å²) in [6.45, 7) is 4.00. The maximum Gasteiger partial charge on any atom is 0.0343 e. The first-order valence-electron chi connectivity index (χ1n) is 4.73. The molecule has 68 valence electrons. The molecule has 0 saturated heterocycles. The van der Waals surface area contributed by atoms with Crippen molar-refractivity contribution in [3.63, 3.8) is 0 Å². The van der Waals surface area contributed by atoms with Gasteiger partial charge < -0.3 is 0 Å². The van der Waals surface area contributed by atoms with Gasteiger partial charge in [-0.25, -0.2) is 0 Å². The number of hydrogen-bond acceptors (Lipinski definition) is 1. The van der Waals surface area contributed by atoms with E-state index in [0.717, 1.165) is 6.42 Å². The molecule has 0 aliphatic heterocycles. The molecule has 1 heteroatoms. The number of nitrogens with zero attached hydrogens (tertiary/aromatic N) is 1. The molecule has 1 aliphatic carbocycles. The molecular formula is C12H15N. The van der Waals surface area contributed by atoms with E-state index in [0.29, 0.717) is 0 Å². The molecule has 0 fully saturated rings. The van der Waals surface area contributed by atoms with Crippen LogP contribution in [0, 0.1) is 0 Å². The molecule has 0 aromatic carbocycles. The quantitative estimate of drug-likeness (QED) is 0.587. The zero-order valence-electron chi connectivity index (χ0n) is 8.20. The van der Waals surface area contributed by atoms with E-state index in [2.05, 4.69) is 29.3 Å². The summed E-state index contributed by atoms with van der Waals surface area (Å²) >= 11 is 0. The first kappa shape index (κ1) is 9.72. The largest absolute Gasteiger partial charge is 0.264 e. The molecule has 0 saturated carbocycles. The van der Waals surface area contributed by atoms with Crippen LogP contribution in [0.4, 0.5) is 0 Å². The van der Waals surface area contributed by atoms with E-state index >= 15 is 0 Å². The fraction of sp³-hybridized carbons (Fsp3) is 0.250. The summed E-state index contributed by atoms with van der Waals surface area (Å²) in [7, 11) is 0. The molecule has 1 heterocycles. The molecule has 0 bridgehead atoms. The van der Waals surface area contributed by atoms with Crippen molar-refractivity contribution in [2.24, 2.45) is 0 Å². The lowest BCUT2D eigenvalue weighted by molar-refractivity contribution is 1.20. The maximum atomic E-state index is 4.06. The Hall–Kier alpha value is -1.37. The standard InChI is InChI=1S/C10H9N.C2H6/c1-2-4-9-6-7-11-8-10(9)5-3-1;1-2/h1-3,5-8H,4H2;1-2H3. The molecule has 1 nitrogen and oxygen atoms in total. The molecule has 0 spiro atoms. The fourth-order valence-corrected chi connectivity index (χ4v) is 1.20. The second kappa shape index (κ2) is 5.31. The van der Waals surface area contributed by atoms with E-state index in [9.17, 15) is 0 Å². The van der Waals surface area contributed by atoms with E-state index < -0.39 is 0 Å². The Morgan fingerprint density at radius 2 is 2.08 bits per heavy atom. The first-order chi connectivity index (χ1) is 6.47. The Balaban J connectivity index is 0.000000396. The van der Waals surface area contributed by atoms with Gasteiger partial charge in [-0.15, -0.1) is 0 Å². The first-order valence-corrected chi connectivity index (χ1v) is 4.73. The average molecular weight is 173 g/mol. The molecule has 0 radical (unpaired) electrons. The van der Waals surface area contributed by atoms with Gasteiger partial charge in [-0.2, -0.15) is 0 Å². The highest BCUT2D eigenvalue weighted by Crippen LogP contribution is 2.12. The zero-order chi connectivity index (χ0) is 9.52. The third-order valence-electron chi connectivity index (χ3n) is 1.81. The molecule has 0 N–H and O–H groups in total. The van der Waals surface area contributed by atoms with Crippen LogP contribution in [0.1, 0.15) is 25.0 Å². The zero-order valence-corrected chi connectivity index (χ0v) is 8.20. The number of hydrogen-bond donors (Lipinski definition) is 0. The van der Waals surface area contributed by atoms with Gasteiger partial charge in [0.25, 0.3) is 0 Å². The van der Waals surface area contributed by atoms with Crippen LogP contribution in [0.25, 0.3) is 6.08 Å². The van der Waals surface area contributed by atoms with Gasteiger partial charge in [0.1, 0.15) is 0 Å². The fourth-order valence-electron chi connectivity index (χ4n) is 1.20. The van der Waals surface area contributed by atoms with Gasteiger partial charge in [-0.05, 0) is 23.6 Å². The number of rotatable bonds is 0. The Morgan fingerprint density at radius 3 is 2.92 bits per heavy atom. The Kier molecular flexibility index (Phi) is 3.97. The van der Waals surface area contributed by atoms with Crippen molar-refractivity contribution in [1.82, 2.24) is 4.98 Å². The molecule has 1 aromatic rings. The van der Waals surface area contributed by atoms with Gasteiger partial charge in [0.2, 0.25) is 0 Å². The second-order valence-corrected chi connectivity index (χ2v) is 2.57. The van der Waals surface area contributed by atoms with Crippen LogP contribution in [0.5, 0.6) is 0 Å². The highest BCUT2D eigenvalue weighted by atomic mass is 14.6. The van der Waals surface area contributed by atoms with Crippen LogP contribution < -0.4 is 0 Å². The molecule has 0 atom stereocenters. The summed E-state index contributed by atoms with van der Waals surface area (Å²) in [5.41, 5.74) is 2.59. The highest BCUT2D eigenvalue weighted by Gasteiger charge is 1.97. The van der Waals surface area contributed by atoms with Gasteiger partial charge in [-0.1, -0.05) is 38.2 Å². The summed E-state index contributed by atoms with van der Waals surface area (Å²) in [4.78, 5) is 4.06. The van der Waals surface area contributed by atoms with Crippen molar-refractivity contribution in [1.29, 1.82) is 0 Å². The molecule has 13 heavy (non-hydrogen) atoms. The Labute approximate surface area is 79.8 Å². The average Bonchev–Trinajstić information content (AvgIpc) is 2.45. The summed E-state index contributed by atoms with van der Waals surface area (Å²) in [5.74, 6) is 0. The smallest absolute Gasteiger partial charge is 0.0343 e. The topological polar surface area (TPSA) is 12.9 Å². The lowest BCUT2D eigenvalue weighted by Crippen LogP contribution is -1.85. The van der Waals surface area contributed by atoms with Crippen LogP contribution in [0.15, 0.2) is 36.7 Å². The van der Waals surface area contributed by atoms with Crippen LogP contribution in [0.2, 0.25) is 0 Å². The normalized spacial score (nSPS) is 12.5. The summed E-state index contributed by atoms with van der Waals surface area (Å²) < 4.78 is 0. The Bertz CT molecular complexity index is 311. The molecule has 2 rings (SSSR count). The lowest BCUT2D eigenvalue weighted by atomic mass is 10.1. The van der Waals surface area contributed by atoms with Crippen LogP contribution >= 0.6 is 0 Å². The number of allylic oxidation sites excluding steroid dienone is 3. The predicted octanol–water partition coefficient (Wildman–Crippen LogP) is 3.23. The third kappa shape index (κ3) is 2.55. The van der Waals surface area contributed by atoms with Crippen molar-refractivity contribution in [3.05, 3.63) is 47.8 Å². The van der Waals surface area contributed by atoms with Gasteiger partial charge >= 0.3 is 0 Å². The van der Waals surface area contributed by atoms with E-state index in [1.165, 1.54) is 11.1 Å². The van der Waals surface area contributed by atoms with E-state index in [1.807, 2.05) is 32.3 Å². The maximum absolute atomic E-state index is 4.06. The molecule has 0 unspecified atom stereocenters. The molecule has 1 aliphatic rings. The van der Waals surface area contributed by atoms with Crippen LogP contribution in [-0.4, -0.2) is 4.98 Å². The Morgan fingerprint density at radius 1 is 1.23 bits per heavy atom. The second-order valence-electron chi connectivity index (χ2n) is 2.57. The van der Waals surface area contributed by atoms with Crippen molar-refractivity contribution in [2.75, 3.05) is 0 Å². The molecule has 1 aromatic heterocycles. The van der Waals surface area contributed by atoms with Crippen molar-refractivity contribution < 1.29 is 0 Å². The highest BCUT2D eigenvalue weighted by molar-refractivity contribution is 5.55. The van der Waals surface area contributed by atoms with Gasteiger partial charge in [0.05, 0.1) is 0 Å². The van der Waals surface area contributed by atoms with Crippen LogP contribution in [0.3, 0.4) is 0 Å². The van der Waals surface area contributed by atoms with Crippen LogP contribution in [-0.2, 0) is 6.42 Å². The van der Waals surface area contributed by atoms with Crippen molar-refractivity contribution in [3.8, 4) is 0 Å². The SMILES string of the molecule is C1=CCc2ccncc2C=C1.CC. The molecular weight excluding hydrogens is 158 g/mol. The van der Waals surface area contributed by atoms with E-state index in [-0.39, 0.29) is 0 Å². The third-order valence-corrected chi connectivity index (χ3v) is 1.81. The monoisotopic (exact) mass is 173 g/mol. The number of pyridine rings is 1. The van der Waals surface area contributed by atoms with E-state index in [4.69, 9.17) is 0 Å². The number of aromatic nitrogens is 1. The number of fused-ring (bicyclic) bond motifs is 1. The summed E-state index contributed by atoms with van der Waals surface area (Å²) in [6, 6.07) is 2.06. The molecule has 0 amide bonds. The van der Waals surface area contributed by atoms with Gasteiger partial charge in [-0.3, -0.25) is 4.98 Å². The van der Waals surface area contributed by atoms with E-state index in [1.54, 1.807) is 0 Å². The lowest BCUT2D eigenvalue weighted by Gasteiger charge is -1.98. The predicted molar refractivity (Wildman–Crippen MR) is 57.5 cm³/mol. The minimum absolute atomic E-state index is 1.02.